The number of rotatable bonds is 4. The van der Waals surface area contributed by atoms with Crippen molar-refractivity contribution in [3.63, 3.8) is 0 Å². The van der Waals surface area contributed by atoms with Crippen LogP contribution in [-0.2, 0) is 15.1 Å². The highest BCUT2D eigenvalue weighted by molar-refractivity contribution is 5.80. The van der Waals surface area contributed by atoms with Gasteiger partial charge in [0.1, 0.15) is 5.75 Å². The van der Waals surface area contributed by atoms with Crippen molar-refractivity contribution in [1.29, 1.82) is 0 Å². The highest BCUT2D eigenvalue weighted by Gasteiger charge is 2.38. The molecule has 1 aliphatic heterocycles. The van der Waals surface area contributed by atoms with Crippen molar-refractivity contribution in [2.75, 3.05) is 20.3 Å². The second-order valence-corrected chi connectivity index (χ2v) is 6.04. The van der Waals surface area contributed by atoms with Gasteiger partial charge in [0, 0.05) is 19.1 Å². The van der Waals surface area contributed by atoms with Crippen LogP contribution < -0.4 is 10.1 Å². The van der Waals surface area contributed by atoms with Gasteiger partial charge in [-0.2, -0.15) is 0 Å². The third kappa shape index (κ3) is 2.91. The first-order valence-electron chi connectivity index (χ1n) is 7.78. The molecule has 0 aromatic heterocycles. The van der Waals surface area contributed by atoms with Crippen molar-refractivity contribution in [3.8, 4) is 5.75 Å². The predicted molar refractivity (Wildman–Crippen MR) is 80.2 cm³/mol. The molecular weight excluding hydrogens is 266 g/mol. The quantitative estimate of drug-likeness (QED) is 0.927. The van der Waals surface area contributed by atoms with Crippen molar-refractivity contribution in [2.45, 2.75) is 37.6 Å². The fourth-order valence-corrected chi connectivity index (χ4v) is 3.12. The molecule has 1 saturated carbocycles. The molecule has 3 rings (SSSR count). The molecule has 1 heterocycles. The maximum absolute atomic E-state index is 12.4. The largest absolute Gasteiger partial charge is 0.497 e. The maximum atomic E-state index is 12.4. The summed E-state index contributed by atoms with van der Waals surface area (Å²) in [4.78, 5) is 12.4. The molecule has 0 spiro atoms. The van der Waals surface area contributed by atoms with E-state index in [0.717, 1.165) is 37.0 Å². The van der Waals surface area contributed by atoms with E-state index >= 15 is 0 Å². The molecule has 1 aliphatic carbocycles. The van der Waals surface area contributed by atoms with Gasteiger partial charge in [0.2, 0.25) is 5.91 Å². The lowest BCUT2D eigenvalue weighted by atomic mass is 9.79. The second-order valence-electron chi connectivity index (χ2n) is 6.04. The number of ether oxygens (including phenoxy) is 2. The Kier molecular flexibility index (Phi) is 4.15. The van der Waals surface area contributed by atoms with Gasteiger partial charge < -0.3 is 14.8 Å². The Morgan fingerprint density at radius 3 is 2.43 bits per heavy atom. The Hall–Kier alpha value is -1.55. The van der Waals surface area contributed by atoms with Crippen LogP contribution in [0.15, 0.2) is 24.3 Å². The van der Waals surface area contributed by atoms with Gasteiger partial charge in [0.15, 0.2) is 0 Å². The van der Waals surface area contributed by atoms with Crippen LogP contribution >= 0.6 is 0 Å². The highest BCUT2D eigenvalue weighted by atomic mass is 16.5. The van der Waals surface area contributed by atoms with Crippen LogP contribution in [0, 0.1) is 5.92 Å². The summed E-state index contributed by atoms with van der Waals surface area (Å²) in [6.45, 7) is 1.38. The van der Waals surface area contributed by atoms with Gasteiger partial charge in [-0.25, -0.2) is 0 Å². The maximum Gasteiger partial charge on any atom is 0.223 e. The molecule has 1 aromatic carbocycles. The number of hydrogen-bond acceptors (Lipinski definition) is 3. The van der Waals surface area contributed by atoms with Crippen LogP contribution in [0.25, 0.3) is 0 Å². The SMILES string of the molecule is COc1ccc(C2(NC(=O)C3CCC3)CCOCC2)cc1. The average Bonchev–Trinajstić information content (AvgIpc) is 2.46. The van der Waals surface area contributed by atoms with E-state index in [1.54, 1.807) is 7.11 Å². The molecule has 0 radical (unpaired) electrons. The van der Waals surface area contributed by atoms with Gasteiger partial charge in [-0.15, -0.1) is 0 Å². The van der Waals surface area contributed by atoms with Crippen LogP contribution in [0.5, 0.6) is 5.75 Å². The standard InChI is InChI=1S/C17H23NO3/c1-20-15-7-5-14(6-8-15)17(9-11-21-12-10-17)18-16(19)13-3-2-4-13/h5-8,13H,2-4,9-12H2,1H3,(H,18,19). The zero-order chi connectivity index (χ0) is 14.7. The molecular formula is C17H23NO3. The van der Waals surface area contributed by atoms with E-state index in [2.05, 4.69) is 17.4 Å². The molecule has 114 valence electrons. The number of benzene rings is 1. The first-order valence-corrected chi connectivity index (χ1v) is 7.78. The van der Waals surface area contributed by atoms with Crippen molar-refractivity contribution in [1.82, 2.24) is 5.32 Å². The predicted octanol–water partition coefficient (Wildman–Crippen LogP) is 2.62. The van der Waals surface area contributed by atoms with Crippen LogP contribution in [0.3, 0.4) is 0 Å². The monoisotopic (exact) mass is 289 g/mol. The van der Waals surface area contributed by atoms with Gasteiger partial charge in [-0.1, -0.05) is 18.6 Å². The van der Waals surface area contributed by atoms with Crippen LogP contribution in [0.1, 0.15) is 37.7 Å². The summed E-state index contributed by atoms with van der Waals surface area (Å²) in [5, 5.41) is 3.33. The summed E-state index contributed by atoms with van der Waals surface area (Å²) >= 11 is 0. The normalized spacial score (nSPS) is 21.4. The Labute approximate surface area is 125 Å². The number of nitrogens with one attached hydrogen (secondary N) is 1. The molecule has 2 fully saturated rings. The minimum atomic E-state index is -0.281. The van der Waals surface area contributed by atoms with Crippen molar-refractivity contribution >= 4 is 5.91 Å². The van der Waals surface area contributed by atoms with E-state index in [1.165, 1.54) is 6.42 Å². The minimum absolute atomic E-state index is 0.207. The smallest absolute Gasteiger partial charge is 0.223 e. The van der Waals surface area contributed by atoms with Gasteiger partial charge in [0.25, 0.3) is 0 Å². The Bertz CT molecular complexity index is 487. The molecule has 1 aromatic rings. The van der Waals surface area contributed by atoms with Crippen LogP contribution in [0.2, 0.25) is 0 Å². The number of carbonyl (C=O) groups is 1. The fourth-order valence-electron chi connectivity index (χ4n) is 3.12. The van der Waals surface area contributed by atoms with Crippen molar-refractivity contribution in [2.24, 2.45) is 5.92 Å². The summed E-state index contributed by atoms with van der Waals surface area (Å²) in [5.74, 6) is 1.26. The summed E-state index contributed by atoms with van der Waals surface area (Å²) in [6, 6.07) is 8.04. The summed E-state index contributed by atoms with van der Waals surface area (Å²) in [5.41, 5.74) is 0.872. The molecule has 0 bridgehead atoms. The van der Waals surface area contributed by atoms with Crippen LogP contribution in [0.4, 0.5) is 0 Å². The van der Waals surface area contributed by atoms with Gasteiger partial charge in [0.05, 0.1) is 12.6 Å². The lowest BCUT2D eigenvalue weighted by Gasteiger charge is -2.40. The molecule has 1 amide bonds. The number of methoxy groups -OCH3 is 1. The highest BCUT2D eigenvalue weighted by Crippen LogP contribution is 2.35. The fraction of sp³-hybridized carbons (Fsp3) is 0.588. The number of amides is 1. The first kappa shape index (κ1) is 14.4. The van der Waals surface area contributed by atoms with E-state index in [-0.39, 0.29) is 17.4 Å². The van der Waals surface area contributed by atoms with E-state index < -0.39 is 0 Å². The lowest BCUT2D eigenvalue weighted by Crippen LogP contribution is -2.52. The zero-order valence-corrected chi connectivity index (χ0v) is 12.6. The van der Waals surface area contributed by atoms with E-state index in [1.807, 2.05) is 12.1 Å². The first-order chi connectivity index (χ1) is 10.2. The van der Waals surface area contributed by atoms with Crippen LogP contribution in [-0.4, -0.2) is 26.2 Å². The Morgan fingerprint density at radius 1 is 1.24 bits per heavy atom. The molecule has 0 atom stereocenters. The molecule has 21 heavy (non-hydrogen) atoms. The van der Waals surface area contributed by atoms with Gasteiger partial charge in [-0.05, 0) is 43.4 Å². The van der Waals surface area contributed by atoms with E-state index in [0.29, 0.717) is 13.2 Å². The average molecular weight is 289 g/mol. The third-order valence-corrected chi connectivity index (χ3v) is 4.83. The molecule has 1 N–H and O–H groups in total. The van der Waals surface area contributed by atoms with Gasteiger partial charge in [-0.3, -0.25) is 4.79 Å². The molecule has 2 aliphatic rings. The van der Waals surface area contributed by atoms with E-state index in [9.17, 15) is 4.79 Å². The van der Waals surface area contributed by atoms with Crippen molar-refractivity contribution < 1.29 is 14.3 Å². The Balaban J connectivity index is 1.82. The topological polar surface area (TPSA) is 47.6 Å². The molecule has 4 nitrogen and oxygen atoms in total. The third-order valence-electron chi connectivity index (χ3n) is 4.83. The number of hydrogen-bond donors (Lipinski definition) is 1. The lowest BCUT2D eigenvalue weighted by molar-refractivity contribution is -0.131. The molecule has 1 saturated heterocycles. The molecule has 4 heteroatoms. The second kappa shape index (κ2) is 6.06. The van der Waals surface area contributed by atoms with Gasteiger partial charge >= 0.3 is 0 Å². The molecule has 0 unspecified atom stereocenters. The van der Waals surface area contributed by atoms with Crippen molar-refractivity contribution in [3.05, 3.63) is 29.8 Å². The number of carbonyl (C=O) groups excluding carboxylic acids is 1. The minimum Gasteiger partial charge on any atom is -0.497 e. The summed E-state index contributed by atoms with van der Waals surface area (Å²) in [6.07, 6.45) is 4.90. The van der Waals surface area contributed by atoms with E-state index in [4.69, 9.17) is 9.47 Å². The Morgan fingerprint density at radius 2 is 1.90 bits per heavy atom. The summed E-state index contributed by atoms with van der Waals surface area (Å²) in [7, 11) is 1.66. The zero-order valence-electron chi connectivity index (χ0n) is 12.6. The summed E-state index contributed by atoms with van der Waals surface area (Å²) < 4.78 is 10.7.